The van der Waals surface area contributed by atoms with Gasteiger partial charge in [-0.15, -0.1) is 0 Å². The first-order chi connectivity index (χ1) is 14.6. The molecule has 0 fully saturated rings. The highest BCUT2D eigenvalue weighted by Crippen LogP contribution is 2.26. The van der Waals surface area contributed by atoms with Crippen molar-refractivity contribution in [2.24, 2.45) is 0 Å². The molecule has 0 bridgehead atoms. The normalized spacial score (nSPS) is 10.6. The monoisotopic (exact) mass is 419 g/mol. The van der Waals surface area contributed by atoms with Crippen molar-refractivity contribution in [1.82, 2.24) is 10.1 Å². The molecule has 3 aromatic carbocycles. The van der Waals surface area contributed by atoms with Gasteiger partial charge in [0.2, 0.25) is 5.82 Å². The average molecular weight is 420 g/mol. The molecule has 4 rings (SSSR count). The topological polar surface area (TPSA) is 77.2 Å². The third kappa shape index (κ3) is 4.67. The third-order valence-electron chi connectivity index (χ3n) is 4.39. The first-order valence-electron chi connectivity index (χ1n) is 9.27. The first-order valence-corrected chi connectivity index (χ1v) is 9.65. The van der Waals surface area contributed by atoms with Crippen LogP contribution in [-0.2, 0) is 4.79 Å². The molecule has 0 radical (unpaired) electrons. The van der Waals surface area contributed by atoms with Crippen LogP contribution >= 0.6 is 11.6 Å². The van der Waals surface area contributed by atoms with Crippen molar-refractivity contribution in [1.29, 1.82) is 0 Å². The minimum atomic E-state index is -0.274. The van der Waals surface area contributed by atoms with Crippen LogP contribution in [0.1, 0.15) is 5.56 Å². The Hall–Kier alpha value is -3.64. The molecule has 0 spiro atoms. The van der Waals surface area contributed by atoms with E-state index in [-0.39, 0.29) is 12.5 Å². The second-order valence-electron chi connectivity index (χ2n) is 6.61. The highest BCUT2D eigenvalue weighted by atomic mass is 35.5. The zero-order chi connectivity index (χ0) is 20.9. The molecule has 1 N–H and O–H groups in total. The molecule has 1 heterocycles. The van der Waals surface area contributed by atoms with Gasteiger partial charge in [0.05, 0.1) is 0 Å². The summed E-state index contributed by atoms with van der Waals surface area (Å²) >= 11 is 5.84. The summed E-state index contributed by atoms with van der Waals surface area (Å²) < 4.78 is 11.0. The zero-order valence-electron chi connectivity index (χ0n) is 16.1. The molecule has 0 aliphatic heterocycles. The van der Waals surface area contributed by atoms with Gasteiger partial charge in [-0.25, -0.2) is 0 Å². The van der Waals surface area contributed by atoms with Crippen LogP contribution < -0.4 is 10.1 Å². The second-order valence-corrected chi connectivity index (χ2v) is 7.05. The smallest absolute Gasteiger partial charge is 0.262 e. The maximum atomic E-state index is 12.1. The van der Waals surface area contributed by atoms with Crippen LogP contribution in [0.25, 0.3) is 22.8 Å². The summed E-state index contributed by atoms with van der Waals surface area (Å²) in [6.07, 6.45) is 0. The van der Waals surface area contributed by atoms with Gasteiger partial charge < -0.3 is 14.6 Å². The molecule has 4 aromatic rings. The van der Waals surface area contributed by atoms with Crippen molar-refractivity contribution in [2.75, 3.05) is 11.9 Å². The summed E-state index contributed by atoms with van der Waals surface area (Å²) in [5.74, 6) is 1.16. The minimum absolute atomic E-state index is 0.132. The third-order valence-corrected chi connectivity index (χ3v) is 4.64. The Bertz CT molecular complexity index is 1170. The van der Waals surface area contributed by atoms with E-state index in [2.05, 4.69) is 15.5 Å². The van der Waals surface area contributed by atoms with Gasteiger partial charge in [-0.05, 0) is 55.0 Å². The van der Waals surface area contributed by atoms with Crippen LogP contribution in [0.4, 0.5) is 5.69 Å². The molecule has 0 unspecified atom stereocenters. The van der Waals surface area contributed by atoms with Gasteiger partial charge >= 0.3 is 0 Å². The number of aryl methyl sites for hydroxylation is 1. The lowest BCUT2D eigenvalue weighted by atomic mass is 10.1. The molecule has 6 nitrogen and oxygen atoms in total. The van der Waals surface area contributed by atoms with Crippen molar-refractivity contribution in [2.45, 2.75) is 6.92 Å². The Morgan fingerprint density at radius 1 is 1.07 bits per heavy atom. The standard InChI is InChI=1S/C23H18ClN3O3/c1-15-5-2-3-8-20(15)23-26-22(27-30-23)16-6-4-7-19(13-16)29-14-21(28)25-18-11-9-17(24)10-12-18/h2-13H,14H2,1H3,(H,25,28). The number of carbonyl (C=O) groups is 1. The van der Waals surface area contributed by atoms with Crippen LogP contribution in [-0.4, -0.2) is 22.7 Å². The number of aromatic nitrogens is 2. The number of amides is 1. The van der Waals surface area contributed by atoms with Crippen molar-refractivity contribution < 1.29 is 14.1 Å². The lowest BCUT2D eigenvalue weighted by Crippen LogP contribution is -2.20. The molecule has 7 heteroatoms. The van der Waals surface area contributed by atoms with Gasteiger partial charge in [-0.3, -0.25) is 4.79 Å². The molecule has 1 aromatic heterocycles. The largest absolute Gasteiger partial charge is 0.484 e. The van der Waals surface area contributed by atoms with Crippen LogP contribution in [0.3, 0.4) is 0 Å². The van der Waals surface area contributed by atoms with Gasteiger partial charge in [-0.1, -0.05) is 47.1 Å². The number of ether oxygens (including phenoxy) is 1. The average Bonchev–Trinajstić information content (AvgIpc) is 3.25. The second kappa shape index (κ2) is 8.80. The van der Waals surface area contributed by atoms with Crippen molar-refractivity contribution in [3.63, 3.8) is 0 Å². The summed E-state index contributed by atoms with van der Waals surface area (Å²) in [4.78, 5) is 16.6. The summed E-state index contributed by atoms with van der Waals surface area (Å²) in [5.41, 5.74) is 3.32. The Morgan fingerprint density at radius 2 is 1.87 bits per heavy atom. The fourth-order valence-corrected chi connectivity index (χ4v) is 2.99. The number of anilines is 1. The number of hydrogen-bond donors (Lipinski definition) is 1. The predicted octanol–water partition coefficient (Wildman–Crippen LogP) is 5.38. The molecular formula is C23H18ClN3O3. The van der Waals surface area contributed by atoms with Crippen molar-refractivity contribution >= 4 is 23.2 Å². The van der Waals surface area contributed by atoms with Gasteiger partial charge in [0.1, 0.15) is 5.75 Å². The first kappa shape index (κ1) is 19.7. The van der Waals surface area contributed by atoms with E-state index in [1.807, 2.05) is 43.3 Å². The summed E-state index contributed by atoms with van der Waals surface area (Å²) in [5, 5.41) is 7.43. The summed E-state index contributed by atoms with van der Waals surface area (Å²) in [7, 11) is 0. The number of nitrogens with one attached hydrogen (secondary N) is 1. The SMILES string of the molecule is Cc1ccccc1-c1nc(-c2cccc(OCC(=O)Nc3ccc(Cl)cc3)c2)no1. The van der Waals surface area contributed by atoms with Gasteiger partial charge in [0, 0.05) is 21.8 Å². The van der Waals surface area contributed by atoms with E-state index in [0.717, 1.165) is 16.7 Å². The summed E-state index contributed by atoms with van der Waals surface area (Å²) in [6, 6.07) is 21.9. The van der Waals surface area contributed by atoms with Crippen LogP contribution in [0.5, 0.6) is 5.75 Å². The number of nitrogens with zero attached hydrogens (tertiary/aromatic N) is 2. The fourth-order valence-electron chi connectivity index (χ4n) is 2.87. The molecule has 0 saturated carbocycles. The zero-order valence-corrected chi connectivity index (χ0v) is 16.9. The summed E-state index contributed by atoms with van der Waals surface area (Å²) in [6.45, 7) is 1.86. The lowest BCUT2D eigenvalue weighted by Gasteiger charge is -2.08. The number of benzene rings is 3. The predicted molar refractivity (Wildman–Crippen MR) is 115 cm³/mol. The number of halogens is 1. The van der Waals surface area contributed by atoms with Gasteiger partial charge in [0.15, 0.2) is 6.61 Å². The molecular weight excluding hydrogens is 402 g/mol. The maximum Gasteiger partial charge on any atom is 0.262 e. The van der Waals surface area contributed by atoms with Crippen LogP contribution in [0.15, 0.2) is 77.3 Å². The molecule has 0 aliphatic rings. The van der Waals surface area contributed by atoms with E-state index < -0.39 is 0 Å². The molecule has 150 valence electrons. The van der Waals surface area contributed by atoms with E-state index in [1.165, 1.54) is 0 Å². The molecule has 1 amide bonds. The number of rotatable bonds is 6. The highest BCUT2D eigenvalue weighted by Gasteiger charge is 2.13. The Morgan fingerprint density at radius 3 is 2.67 bits per heavy atom. The molecule has 0 aliphatic carbocycles. The van der Waals surface area contributed by atoms with Gasteiger partial charge in [0.25, 0.3) is 11.8 Å². The van der Waals surface area contributed by atoms with Crippen molar-refractivity contribution in [3.8, 4) is 28.6 Å². The number of hydrogen-bond acceptors (Lipinski definition) is 5. The fraction of sp³-hybridized carbons (Fsp3) is 0.0870. The van der Waals surface area contributed by atoms with Crippen LogP contribution in [0, 0.1) is 6.92 Å². The molecule has 0 saturated heterocycles. The quantitative estimate of drug-likeness (QED) is 0.453. The Balaban J connectivity index is 1.42. The van der Waals surface area contributed by atoms with Gasteiger partial charge in [-0.2, -0.15) is 4.98 Å². The van der Waals surface area contributed by atoms with E-state index in [1.54, 1.807) is 36.4 Å². The Kier molecular flexibility index (Phi) is 5.77. The molecule has 0 atom stereocenters. The highest BCUT2D eigenvalue weighted by molar-refractivity contribution is 6.30. The van der Waals surface area contributed by atoms with E-state index in [0.29, 0.717) is 28.2 Å². The maximum absolute atomic E-state index is 12.1. The molecule has 30 heavy (non-hydrogen) atoms. The lowest BCUT2D eigenvalue weighted by molar-refractivity contribution is -0.118. The van der Waals surface area contributed by atoms with E-state index in [4.69, 9.17) is 20.9 Å². The van der Waals surface area contributed by atoms with Crippen LogP contribution in [0.2, 0.25) is 5.02 Å². The van der Waals surface area contributed by atoms with Crippen molar-refractivity contribution in [3.05, 3.63) is 83.4 Å². The number of carbonyl (C=O) groups excluding carboxylic acids is 1. The Labute approximate surface area is 178 Å². The van der Waals surface area contributed by atoms with E-state index in [9.17, 15) is 4.79 Å². The minimum Gasteiger partial charge on any atom is -0.484 e. The van der Waals surface area contributed by atoms with E-state index >= 15 is 0 Å².